The molecule has 0 bridgehead atoms. The zero-order valence-corrected chi connectivity index (χ0v) is 7.25. The topological polar surface area (TPSA) is 35.2 Å². The summed E-state index contributed by atoms with van der Waals surface area (Å²) >= 11 is 0. The van der Waals surface area contributed by atoms with Gasteiger partial charge < -0.3 is 10.5 Å². The van der Waals surface area contributed by atoms with Gasteiger partial charge in [0, 0.05) is 5.70 Å². The fourth-order valence-corrected chi connectivity index (χ4v) is 0.610. The van der Waals surface area contributed by atoms with E-state index < -0.39 is 0 Å². The third-order valence-electron chi connectivity index (χ3n) is 1.13. The van der Waals surface area contributed by atoms with Gasteiger partial charge >= 0.3 is 0 Å². The van der Waals surface area contributed by atoms with Crippen molar-refractivity contribution in [3.8, 4) is 0 Å². The van der Waals surface area contributed by atoms with Crippen LogP contribution in [0.5, 0.6) is 0 Å². The van der Waals surface area contributed by atoms with Gasteiger partial charge in [0.2, 0.25) is 0 Å². The van der Waals surface area contributed by atoms with E-state index >= 15 is 0 Å². The van der Waals surface area contributed by atoms with Crippen LogP contribution in [-0.2, 0) is 4.74 Å². The van der Waals surface area contributed by atoms with E-state index in [-0.39, 0.29) is 0 Å². The van der Waals surface area contributed by atoms with E-state index in [4.69, 9.17) is 10.5 Å². The molecule has 0 unspecified atom stereocenters. The molecule has 0 amide bonds. The Labute approximate surface area is 73.7 Å². The fourth-order valence-electron chi connectivity index (χ4n) is 0.610. The summed E-state index contributed by atoms with van der Waals surface area (Å²) in [7, 11) is 0. The molecule has 0 aromatic rings. The molecule has 0 fully saturated rings. The Bertz CT molecular complexity index is 204. The van der Waals surface area contributed by atoms with Crippen molar-refractivity contribution >= 4 is 0 Å². The summed E-state index contributed by atoms with van der Waals surface area (Å²) < 4.78 is 5.14. The largest absolute Gasteiger partial charge is 0.399 e. The average Bonchev–Trinajstić information content (AvgIpc) is 2.05. The number of ether oxygens (including phenoxy) is 1. The average molecular weight is 165 g/mol. The van der Waals surface area contributed by atoms with E-state index in [2.05, 4.69) is 19.7 Å². The van der Waals surface area contributed by atoms with Crippen molar-refractivity contribution in [3.63, 3.8) is 0 Å². The lowest BCUT2D eigenvalue weighted by Crippen LogP contribution is -1.98. The highest BCUT2D eigenvalue weighted by Crippen LogP contribution is 1.97. The first-order valence-electron chi connectivity index (χ1n) is 3.66. The number of rotatable bonds is 6. The first kappa shape index (κ1) is 10.7. The molecule has 0 radical (unpaired) electrons. The summed E-state index contributed by atoms with van der Waals surface area (Å²) in [5.41, 5.74) is 6.91. The minimum Gasteiger partial charge on any atom is -0.399 e. The van der Waals surface area contributed by atoms with Gasteiger partial charge in [-0.3, -0.25) is 0 Å². The lowest BCUT2D eigenvalue weighted by atomic mass is 10.2. The SMILES string of the molecule is C=CCOCC(=C)/C=C(/N)C=C. The van der Waals surface area contributed by atoms with Crippen molar-refractivity contribution in [3.05, 3.63) is 49.2 Å². The van der Waals surface area contributed by atoms with E-state index in [1.165, 1.54) is 0 Å². The molecule has 0 atom stereocenters. The first-order valence-corrected chi connectivity index (χ1v) is 3.66. The van der Waals surface area contributed by atoms with Gasteiger partial charge in [0.25, 0.3) is 0 Å². The summed E-state index contributed by atoms with van der Waals surface area (Å²) in [5, 5.41) is 0. The predicted octanol–water partition coefficient (Wildman–Crippen LogP) is 1.77. The van der Waals surface area contributed by atoms with Gasteiger partial charge in [-0.1, -0.05) is 19.2 Å². The summed E-state index contributed by atoms with van der Waals surface area (Å²) in [4.78, 5) is 0. The lowest BCUT2D eigenvalue weighted by Gasteiger charge is -2.00. The summed E-state index contributed by atoms with van der Waals surface area (Å²) in [6.07, 6.45) is 4.99. The Hall–Kier alpha value is -1.28. The summed E-state index contributed by atoms with van der Waals surface area (Å²) in [5.74, 6) is 0. The predicted molar refractivity (Wildman–Crippen MR) is 52.6 cm³/mol. The Kier molecular flexibility index (Phi) is 5.75. The highest BCUT2D eigenvalue weighted by molar-refractivity contribution is 5.25. The number of nitrogens with two attached hydrogens (primary N) is 1. The molecule has 0 heterocycles. The second-order valence-corrected chi connectivity index (χ2v) is 2.31. The van der Waals surface area contributed by atoms with E-state index in [9.17, 15) is 0 Å². The Balaban J connectivity index is 3.73. The maximum Gasteiger partial charge on any atom is 0.0716 e. The standard InChI is InChI=1S/C10H15NO/c1-4-6-12-8-9(3)7-10(11)5-2/h4-5,7H,1-3,6,8,11H2/b10-7+. The van der Waals surface area contributed by atoms with Crippen molar-refractivity contribution in [1.29, 1.82) is 0 Å². The van der Waals surface area contributed by atoms with Crippen molar-refractivity contribution in [2.45, 2.75) is 0 Å². The van der Waals surface area contributed by atoms with Crippen LogP contribution < -0.4 is 5.73 Å². The Morgan fingerprint density at radius 3 is 2.58 bits per heavy atom. The first-order chi connectivity index (χ1) is 5.70. The Morgan fingerprint density at radius 2 is 2.08 bits per heavy atom. The molecule has 0 saturated carbocycles. The van der Waals surface area contributed by atoms with Crippen LogP contribution in [0, 0.1) is 0 Å². The molecular weight excluding hydrogens is 150 g/mol. The molecule has 0 aromatic carbocycles. The van der Waals surface area contributed by atoms with Crippen LogP contribution in [-0.4, -0.2) is 13.2 Å². The number of hydrogen-bond donors (Lipinski definition) is 1. The normalized spacial score (nSPS) is 10.8. The molecule has 2 heteroatoms. The molecule has 0 aliphatic heterocycles. The Morgan fingerprint density at radius 1 is 1.42 bits per heavy atom. The second kappa shape index (κ2) is 6.43. The summed E-state index contributed by atoms with van der Waals surface area (Å²) in [6.45, 7) is 11.8. The molecule has 2 nitrogen and oxygen atoms in total. The van der Waals surface area contributed by atoms with E-state index in [1.54, 1.807) is 18.2 Å². The molecule has 0 aliphatic rings. The minimum absolute atomic E-state index is 0.473. The monoisotopic (exact) mass is 165 g/mol. The molecule has 0 saturated heterocycles. The molecule has 0 aromatic heterocycles. The number of hydrogen-bond acceptors (Lipinski definition) is 2. The van der Waals surface area contributed by atoms with Crippen LogP contribution in [0.15, 0.2) is 49.2 Å². The second-order valence-electron chi connectivity index (χ2n) is 2.31. The van der Waals surface area contributed by atoms with Gasteiger partial charge in [0.05, 0.1) is 13.2 Å². The molecule has 0 aliphatic carbocycles. The van der Waals surface area contributed by atoms with Crippen LogP contribution in [0.2, 0.25) is 0 Å². The van der Waals surface area contributed by atoms with E-state index in [0.717, 1.165) is 5.57 Å². The third-order valence-corrected chi connectivity index (χ3v) is 1.13. The highest BCUT2D eigenvalue weighted by Gasteiger charge is 1.89. The zero-order valence-electron chi connectivity index (χ0n) is 7.25. The van der Waals surface area contributed by atoms with Crippen LogP contribution in [0.4, 0.5) is 0 Å². The van der Waals surface area contributed by atoms with Crippen LogP contribution >= 0.6 is 0 Å². The van der Waals surface area contributed by atoms with Crippen molar-refractivity contribution < 1.29 is 4.74 Å². The van der Waals surface area contributed by atoms with Gasteiger partial charge in [-0.15, -0.1) is 6.58 Å². The van der Waals surface area contributed by atoms with Gasteiger partial charge in [-0.25, -0.2) is 0 Å². The zero-order chi connectivity index (χ0) is 9.40. The summed E-state index contributed by atoms with van der Waals surface area (Å²) in [6, 6.07) is 0. The molecular formula is C10H15NO. The minimum atomic E-state index is 0.473. The van der Waals surface area contributed by atoms with Crippen molar-refractivity contribution in [2.75, 3.05) is 13.2 Å². The van der Waals surface area contributed by atoms with Crippen LogP contribution in [0.3, 0.4) is 0 Å². The van der Waals surface area contributed by atoms with Gasteiger partial charge in [0.1, 0.15) is 0 Å². The van der Waals surface area contributed by atoms with E-state index in [0.29, 0.717) is 18.9 Å². The van der Waals surface area contributed by atoms with Crippen molar-refractivity contribution in [2.24, 2.45) is 5.73 Å². The van der Waals surface area contributed by atoms with E-state index in [1.807, 2.05) is 0 Å². The maximum atomic E-state index is 5.48. The highest BCUT2D eigenvalue weighted by atomic mass is 16.5. The van der Waals surface area contributed by atoms with Crippen molar-refractivity contribution in [1.82, 2.24) is 0 Å². The molecule has 0 spiro atoms. The van der Waals surface area contributed by atoms with Crippen LogP contribution in [0.25, 0.3) is 0 Å². The quantitative estimate of drug-likeness (QED) is 0.370. The maximum absolute atomic E-state index is 5.48. The molecule has 12 heavy (non-hydrogen) atoms. The molecule has 2 N–H and O–H groups in total. The smallest absolute Gasteiger partial charge is 0.0716 e. The molecule has 0 rings (SSSR count). The number of allylic oxidation sites excluding steroid dienone is 1. The molecule has 66 valence electrons. The lowest BCUT2D eigenvalue weighted by molar-refractivity contribution is 0.189. The van der Waals surface area contributed by atoms with Crippen LogP contribution in [0.1, 0.15) is 0 Å². The fraction of sp³-hybridized carbons (Fsp3) is 0.200. The van der Waals surface area contributed by atoms with Gasteiger partial charge in [-0.2, -0.15) is 0 Å². The van der Waals surface area contributed by atoms with Gasteiger partial charge in [-0.05, 0) is 17.7 Å². The van der Waals surface area contributed by atoms with Gasteiger partial charge in [0.15, 0.2) is 0 Å². The third kappa shape index (κ3) is 5.50.